The van der Waals surface area contributed by atoms with Gasteiger partial charge in [-0.2, -0.15) is 0 Å². The van der Waals surface area contributed by atoms with Crippen LogP contribution in [0, 0.1) is 0 Å². The molecule has 1 aliphatic rings. The number of anilines is 1. The lowest BCUT2D eigenvalue weighted by atomic mass is 10.1. The second kappa shape index (κ2) is 5.39. The van der Waals surface area contributed by atoms with Gasteiger partial charge in [0.2, 0.25) is 0 Å². The van der Waals surface area contributed by atoms with Gasteiger partial charge in [0.05, 0.1) is 12.6 Å². The van der Waals surface area contributed by atoms with Crippen molar-refractivity contribution in [2.45, 2.75) is 26.5 Å². The van der Waals surface area contributed by atoms with Gasteiger partial charge in [0.15, 0.2) is 0 Å². The summed E-state index contributed by atoms with van der Waals surface area (Å²) in [5.41, 5.74) is 2.74. The van der Waals surface area contributed by atoms with E-state index in [1.807, 2.05) is 43.0 Å². The number of rotatable bonds is 3. The number of benzene rings is 2. The van der Waals surface area contributed by atoms with Crippen molar-refractivity contribution in [3.05, 3.63) is 59.0 Å². The Hall–Kier alpha value is -2.33. The van der Waals surface area contributed by atoms with E-state index >= 15 is 0 Å². The number of hydrogen-bond donors (Lipinski definition) is 0. The summed E-state index contributed by atoms with van der Waals surface area (Å²) in [5.74, 6) is 0.797. The molecule has 1 amide bonds. The van der Waals surface area contributed by atoms with Crippen LogP contribution in [0.5, 0.6) is 5.75 Å². The van der Waals surface area contributed by atoms with Crippen LogP contribution in [0.15, 0.2) is 47.8 Å². The molecular formula is C19H17NO2S. The van der Waals surface area contributed by atoms with E-state index in [0.29, 0.717) is 6.54 Å². The van der Waals surface area contributed by atoms with Crippen LogP contribution in [0.3, 0.4) is 0 Å². The summed E-state index contributed by atoms with van der Waals surface area (Å²) in [4.78, 5) is 14.6. The number of fused-ring (bicyclic) bond motifs is 2. The van der Waals surface area contributed by atoms with Crippen molar-refractivity contribution in [2.75, 3.05) is 4.90 Å². The maximum absolute atomic E-state index is 12.8. The molecule has 2 heterocycles. The molecule has 4 rings (SSSR count). The van der Waals surface area contributed by atoms with E-state index in [9.17, 15) is 4.79 Å². The molecule has 0 bridgehead atoms. The molecule has 0 saturated carbocycles. The van der Waals surface area contributed by atoms with Gasteiger partial charge in [-0.3, -0.25) is 4.79 Å². The van der Waals surface area contributed by atoms with E-state index in [-0.39, 0.29) is 12.0 Å². The number of hydrogen-bond acceptors (Lipinski definition) is 3. The Morgan fingerprint density at radius 2 is 2.00 bits per heavy atom. The lowest BCUT2D eigenvalue weighted by molar-refractivity contribution is 0.0996. The summed E-state index contributed by atoms with van der Waals surface area (Å²) in [6.07, 6.45) is 0.0988. The fourth-order valence-electron chi connectivity index (χ4n) is 2.96. The van der Waals surface area contributed by atoms with Crippen molar-refractivity contribution < 1.29 is 9.53 Å². The molecule has 4 heteroatoms. The highest BCUT2D eigenvalue weighted by molar-refractivity contribution is 7.17. The summed E-state index contributed by atoms with van der Waals surface area (Å²) in [7, 11) is 0. The molecule has 0 N–H and O–H groups in total. The van der Waals surface area contributed by atoms with E-state index in [0.717, 1.165) is 22.6 Å². The second-order valence-corrected chi connectivity index (χ2v) is 6.97. The fraction of sp³-hybridized carbons (Fsp3) is 0.211. The molecule has 116 valence electrons. The van der Waals surface area contributed by atoms with Crippen molar-refractivity contribution in [2.24, 2.45) is 0 Å². The summed E-state index contributed by atoms with van der Waals surface area (Å²) >= 11 is 1.71. The van der Waals surface area contributed by atoms with Crippen LogP contribution in [0.2, 0.25) is 0 Å². The Balaban J connectivity index is 1.68. The SMILES string of the molecule is CC(C)Oc1ccc2c(c1)C(=O)N(c1ccc3sccc3c1)C2. The first-order valence-corrected chi connectivity index (χ1v) is 8.58. The van der Waals surface area contributed by atoms with Crippen LogP contribution < -0.4 is 9.64 Å². The van der Waals surface area contributed by atoms with E-state index in [1.165, 1.54) is 10.1 Å². The molecule has 0 aliphatic carbocycles. The Morgan fingerprint density at radius 1 is 1.13 bits per heavy atom. The van der Waals surface area contributed by atoms with Crippen LogP contribution in [-0.2, 0) is 6.54 Å². The number of amides is 1. The maximum atomic E-state index is 12.8. The predicted molar refractivity (Wildman–Crippen MR) is 94.5 cm³/mol. The number of carbonyl (C=O) groups is 1. The lowest BCUT2D eigenvalue weighted by Gasteiger charge is -2.15. The number of carbonyl (C=O) groups excluding carboxylic acids is 1. The molecule has 1 aromatic heterocycles. The van der Waals surface area contributed by atoms with Gasteiger partial charge in [-0.25, -0.2) is 0 Å². The van der Waals surface area contributed by atoms with Crippen molar-refractivity contribution >= 4 is 33.0 Å². The fourth-order valence-corrected chi connectivity index (χ4v) is 3.73. The molecule has 0 fully saturated rings. The maximum Gasteiger partial charge on any atom is 0.259 e. The van der Waals surface area contributed by atoms with Crippen molar-refractivity contribution in [3.8, 4) is 5.75 Å². The highest BCUT2D eigenvalue weighted by Crippen LogP contribution is 2.33. The van der Waals surface area contributed by atoms with Crippen LogP contribution in [-0.4, -0.2) is 12.0 Å². The van der Waals surface area contributed by atoms with Gasteiger partial charge in [-0.15, -0.1) is 11.3 Å². The van der Waals surface area contributed by atoms with Gasteiger partial charge in [0.25, 0.3) is 5.91 Å². The molecule has 0 spiro atoms. The lowest BCUT2D eigenvalue weighted by Crippen LogP contribution is -2.22. The van der Waals surface area contributed by atoms with Crippen molar-refractivity contribution in [3.63, 3.8) is 0 Å². The van der Waals surface area contributed by atoms with Gasteiger partial charge in [0.1, 0.15) is 5.75 Å². The van der Waals surface area contributed by atoms with Crippen LogP contribution in [0.1, 0.15) is 29.8 Å². The Labute approximate surface area is 139 Å². The quantitative estimate of drug-likeness (QED) is 0.689. The largest absolute Gasteiger partial charge is 0.491 e. The molecule has 0 atom stereocenters. The van der Waals surface area contributed by atoms with Crippen LogP contribution >= 0.6 is 11.3 Å². The minimum absolute atomic E-state index is 0.0452. The van der Waals surface area contributed by atoms with Gasteiger partial charge in [-0.05, 0) is 66.6 Å². The topological polar surface area (TPSA) is 29.5 Å². The van der Waals surface area contributed by atoms with E-state index in [4.69, 9.17) is 4.74 Å². The molecule has 0 saturated heterocycles. The van der Waals surface area contributed by atoms with Gasteiger partial charge < -0.3 is 9.64 Å². The first-order valence-electron chi connectivity index (χ1n) is 7.70. The highest BCUT2D eigenvalue weighted by Gasteiger charge is 2.29. The van der Waals surface area contributed by atoms with Gasteiger partial charge >= 0.3 is 0 Å². The number of thiophene rings is 1. The molecule has 23 heavy (non-hydrogen) atoms. The Kier molecular flexibility index (Phi) is 3.34. The first kappa shape index (κ1) is 14.3. The van der Waals surface area contributed by atoms with Crippen LogP contribution in [0.25, 0.3) is 10.1 Å². The standard InChI is InChI=1S/C19H17NO2S/c1-12(2)22-16-5-3-14-11-20(19(21)17(14)10-16)15-4-6-18-13(9-15)7-8-23-18/h3-10,12H,11H2,1-2H3. The van der Waals surface area contributed by atoms with Crippen LogP contribution in [0.4, 0.5) is 5.69 Å². The normalized spacial score (nSPS) is 13.9. The van der Waals surface area contributed by atoms with Gasteiger partial charge in [-0.1, -0.05) is 6.07 Å². The monoisotopic (exact) mass is 323 g/mol. The minimum Gasteiger partial charge on any atom is -0.491 e. The molecule has 2 aromatic carbocycles. The highest BCUT2D eigenvalue weighted by atomic mass is 32.1. The average molecular weight is 323 g/mol. The molecule has 0 radical (unpaired) electrons. The number of ether oxygens (including phenoxy) is 1. The third kappa shape index (κ3) is 2.49. The predicted octanol–water partition coefficient (Wildman–Crippen LogP) is 4.85. The van der Waals surface area contributed by atoms with Crippen molar-refractivity contribution in [1.29, 1.82) is 0 Å². The zero-order valence-corrected chi connectivity index (χ0v) is 13.9. The molecular weight excluding hydrogens is 306 g/mol. The Morgan fingerprint density at radius 3 is 2.83 bits per heavy atom. The molecule has 0 unspecified atom stereocenters. The summed E-state index contributed by atoms with van der Waals surface area (Å²) < 4.78 is 6.95. The number of nitrogens with zero attached hydrogens (tertiary/aromatic N) is 1. The third-order valence-electron chi connectivity index (χ3n) is 4.00. The first-order chi connectivity index (χ1) is 11.1. The van der Waals surface area contributed by atoms with E-state index < -0.39 is 0 Å². The summed E-state index contributed by atoms with van der Waals surface area (Å²) in [6, 6.07) is 14.1. The smallest absolute Gasteiger partial charge is 0.259 e. The third-order valence-corrected chi connectivity index (χ3v) is 4.90. The zero-order valence-electron chi connectivity index (χ0n) is 13.1. The summed E-state index contributed by atoms with van der Waals surface area (Å²) in [5, 5.41) is 3.25. The van der Waals surface area contributed by atoms with Gasteiger partial charge in [0, 0.05) is 16.0 Å². The Bertz CT molecular complexity index is 897. The van der Waals surface area contributed by atoms with E-state index in [1.54, 1.807) is 11.3 Å². The second-order valence-electron chi connectivity index (χ2n) is 6.02. The molecule has 1 aliphatic heterocycles. The summed E-state index contributed by atoms with van der Waals surface area (Å²) in [6.45, 7) is 4.58. The zero-order chi connectivity index (χ0) is 16.0. The average Bonchev–Trinajstić information content (AvgIpc) is 3.11. The van der Waals surface area contributed by atoms with E-state index in [2.05, 4.69) is 23.6 Å². The van der Waals surface area contributed by atoms with Crippen molar-refractivity contribution in [1.82, 2.24) is 0 Å². The minimum atomic E-state index is 0.0452. The molecule has 3 nitrogen and oxygen atoms in total. The molecule has 3 aromatic rings.